The second-order valence-corrected chi connectivity index (χ2v) is 8.80. The third-order valence-corrected chi connectivity index (χ3v) is 6.03. The fraction of sp³-hybridized carbons (Fsp3) is 0.161. The number of hydrogen-bond acceptors (Lipinski definition) is 6. The van der Waals surface area contributed by atoms with Crippen LogP contribution in [0.1, 0.15) is 40.1 Å². The fourth-order valence-electron chi connectivity index (χ4n) is 4.08. The van der Waals surface area contributed by atoms with Crippen molar-refractivity contribution in [2.45, 2.75) is 19.6 Å². The number of esters is 1. The Morgan fingerprint density at radius 3 is 1.85 bits per heavy atom. The number of aliphatic hydroxyl groups is 1. The van der Waals surface area contributed by atoms with Crippen molar-refractivity contribution in [2.75, 3.05) is 24.4 Å². The van der Waals surface area contributed by atoms with E-state index in [1.54, 1.807) is 25.1 Å². The molecule has 0 aromatic heterocycles. The summed E-state index contributed by atoms with van der Waals surface area (Å²) in [4.78, 5) is 25.6. The summed E-state index contributed by atoms with van der Waals surface area (Å²) < 4.78 is 43.9. The van der Waals surface area contributed by atoms with Crippen LogP contribution in [0.25, 0.3) is 0 Å². The lowest BCUT2D eigenvalue weighted by Crippen LogP contribution is -2.20. The first-order valence-corrected chi connectivity index (χ1v) is 12.7. The van der Waals surface area contributed by atoms with Gasteiger partial charge in [-0.15, -0.1) is 0 Å². The first kappa shape index (κ1) is 29.0. The normalized spacial score (nSPS) is 10.7. The molecule has 2 amide bonds. The Morgan fingerprint density at radius 1 is 0.805 bits per heavy atom. The maximum atomic E-state index is 13.6. The molecule has 0 heterocycles. The highest BCUT2D eigenvalue weighted by Gasteiger charge is 2.22. The summed E-state index contributed by atoms with van der Waals surface area (Å²) in [6.45, 7) is 1.48. The summed E-state index contributed by atoms with van der Waals surface area (Å²) in [7, 11) is 1.48. The van der Waals surface area contributed by atoms with Crippen molar-refractivity contribution in [3.05, 3.63) is 119 Å². The van der Waals surface area contributed by atoms with Crippen molar-refractivity contribution in [1.82, 2.24) is 0 Å². The molecule has 4 rings (SSSR count). The van der Waals surface area contributed by atoms with Gasteiger partial charge in [-0.25, -0.2) is 18.4 Å². The van der Waals surface area contributed by atoms with E-state index in [4.69, 9.17) is 14.2 Å². The smallest absolute Gasteiger partial charge is 0.341 e. The molecule has 212 valence electrons. The lowest BCUT2D eigenvalue weighted by atomic mass is 10.0. The van der Waals surface area contributed by atoms with Crippen LogP contribution < -0.4 is 20.1 Å². The molecule has 10 heteroatoms. The molecule has 0 saturated heterocycles. The Balaban J connectivity index is 1.62. The van der Waals surface area contributed by atoms with E-state index in [1.807, 2.05) is 0 Å². The van der Waals surface area contributed by atoms with Crippen LogP contribution in [0.3, 0.4) is 0 Å². The average Bonchev–Trinajstić information content (AvgIpc) is 2.97. The van der Waals surface area contributed by atoms with Crippen LogP contribution in [0.4, 0.5) is 25.0 Å². The van der Waals surface area contributed by atoms with Crippen LogP contribution in [-0.2, 0) is 11.3 Å². The minimum absolute atomic E-state index is 0.0332. The van der Waals surface area contributed by atoms with E-state index in [0.29, 0.717) is 28.1 Å². The van der Waals surface area contributed by atoms with Crippen molar-refractivity contribution in [1.29, 1.82) is 0 Å². The molecule has 0 spiro atoms. The molecule has 0 saturated carbocycles. The minimum Gasteiger partial charge on any atom is -0.496 e. The quantitative estimate of drug-likeness (QED) is 0.192. The number of nitrogens with one attached hydrogen (secondary N) is 2. The van der Waals surface area contributed by atoms with Gasteiger partial charge < -0.3 is 30.0 Å². The lowest BCUT2D eigenvalue weighted by molar-refractivity contribution is 0.0520. The second kappa shape index (κ2) is 13.4. The number of methoxy groups -OCH3 is 1. The molecule has 4 aromatic carbocycles. The molecule has 3 N–H and O–H groups in total. The zero-order chi connectivity index (χ0) is 29.4. The molecule has 0 fully saturated rings. The van der Waals surface area contributed by atoms with Crippen molar-refractivity contribution in [3.63, 3.8) is 0 Å². The van der Waals surface area contributed by atoms with Crippen molar-refractivity contribution < 1.29 is 37.7 Å². The third kappa shape index (κ3) is 7.37. The van der Waals surface area contributed by atoms with Crippen molar-refractivity contribution in [2.24, 2.45) is 0 Å². The number of hydrogen-bond donors (Lipinski definition) is 3. The molecule has 0 aliphatic carbocycles. The molecular weight excluding hydrogens is 534 g/mol. The van der Waals surface area contributed by atoms with E-state index in [9.17, 15) is 23.5 Å². The first-order valence-electron chi connectivity index (χ1n) is 12.7. The van der Waals surface area contributed by atoms with E-state index in [2.05, 4.69) is 10.6 Å². The molecule has 41 heavy (non-hydrogen) atoms. The number of halogens is 2. The SMILES string of the molecule is CCOC(=O)c1cc(NC(=O)Nc2ccc(OC)c(CO)c2)ccc1OC(c1ccc(F)cc1)c1ccc(F)cc1. The Bertz CT molecular complexity index is 1470. The molecule has 0 bridgehead atoms. The van der Waals surface area contributed by atoms with Gasteiger partial charge >= 0.3 is 12.0 Å². The van der Waals surface area contributed by atoms with E-state index >= 15 is 0 Å². The van der Waals surface area contributed by atoms with Crippen LogP contribution in [0, 0.1) is 11.6 Å². The van der Waals surface area contributed by atoms with E-state index in [0.717, 1.165) is 0 Å². The van der Waals surface area contributed by atoms with Gasteiger partial charge in [-0.1, -0.05) is 24.3 Å². The van der Waals surface area contributed by atoms with Crippen LogP contribution in [0.2, 0.25) is 0 Å². The van der Waals surface area contributed by atoms with Gasteiger partial charge in [0.1, 0.15) is 34.8 Å². The third-order valence-electron chi connectivity index (χ3n) is 6.03. The van der Waals surface area contributed by atoms with E-state index < -0.39 is 29.7 Å². The number of carbonyl (C=O) groups is 2. The molecule has 4 aromatic rings. The van der Waals surface area contributed by atoms with Crippen LogP contribution in [0.5, 0.6) is 11.5 Å². The summed E-state index contributed by atoms with van der Waals surface area (Å²) in [5, 5.41) is 14.9. The molecule has 8 nitrogen and oxygen atoms in total. The highest BCUT2D eigenvalue weighted by molar-refractivity contribution is 6.01. The molecule has 0 radical (unpaired) electrons. The zero-order valence-electron chi connectivity index (χ0n) is 22.3. The minimum atomic E-state index is -0.817. The van der Waals surface area contributed by atoms with Gasteiger partial charge in [0.05, 0.1) is 20.3 Å². The molecule has 0 aliphatic rings. The molecular formula is C31H28F2N2O6. The lowest BCUT2D eigenvalue weighted by Gasteiger charge is -2.22. The van der Waals surface area contributed by atoms with Gasteiger partial charge in [-0.3, -0.25) is 0 Å². The summed E-state index contributed by atoms with van der Waals surface area (Å²) in [6.07, 6.45) is -0.817. The number of benzene rings is 4. The summed E-state index contributed by atoms with van der Waals surface area (Å²) in [6, 6.07) is 19.9. The number of urea groups is 1. The van der Waals surface area contributed by atoms with E-state index in [1.165, 1.54) is 73.8 Å². The van der Waals surface area contributed by atoms with Crippen LogP contribution in [-0.4, -0.2) is 30.8 Å². The molecule has 0 atom stereocenters. The van der Waals surface area contributed by atoms with Gasteiger partial charge in [-0.05, 0) is 78.7 Å². The largest absolute Gasteiger partial charge is 0.496 e. The van der Waals surface area contributed by atoms with Crippen LogP contribution in [0.15, 0.2) is 84.9 Å². The summed E-state index contributed by atoms with van der Waals surface area (Å²) in [5.74, 6) is -0.945. The topological polar surface area (TPSA) is 106 Å². The monoisotopic (exact) mass is 562 g/mol. The summed E-state index contributed by atoms with van der Waals surface area (Å²) in [5.41, 5.74) is 2.35. The second-order valence-electron chi connectivity index (χ2n) is 8.80. The highest BCUT2D eigenvalue weighted by atomic mass is 19.1. The first-order chi connectivity index (χ1) is 19.8. The van der Waals surface area contributed by atoms with Crippen molar-refractivity contribution >= 4 is 23.4 Å². The predicted molar refractivity (Wildman–Crippen MR) is 149 cm³/mol. The number of anilines is 2. The standard InChI is InChI=1S/C31H28F2N2O6/c1-3-40-30(37)26-17-25(35-31(38)34-24-12-14-27(39-2)21(16-24)18-36)13-15-28(26)41-29(19-4-8-22(32)9-5-19)20-6-10-23(33)11-7-20/h4-17,29,36H,3,18H2,1-2H3,(H2,34,35,38). The number of amides is 2. The van der Waals surface area contributed by atoms with Crippen LogP contribution >= 0.6 is 0 Å². The van der Waals surface area contributed by atoms with Gasteiger partial charge in [0.15, 0.2) is 0 Å². The number of rotatable bonds is 10. The fourth-order valence-corrected chi connectivity index (χ4v) is 4.08. The molecule has 0 unspecified atom stereocenters. The number of aliphatic hydroxyl groups excluding tert-OH is 1. The Hall–Kier alpha value is -4.96. The van der Waals surface area contributed by atoms with Gasteiger partial charge in [0.2, 0.25) is 0 Å². The maximum Gasteiger partial charge on any atom is 0.341 e. The van der Waals surface area contributed by atoms with Gasteiger partial charge in [0, 0.05) is 16.9 Å². The number of carbonyl (C=O) groups excluding carboxylic acids is 2. The highest BCUT2D eigenvalue weighted by Crippen LogP contribution is 2.33. The number of ether oxygens (including phenoxy) is 3. The summed E-state index contributed by atoms with van der Waals surface area (Å²) >= 11 is 0. The van der Waals surface area contributed by atoms with Gasteiger partial charge in [-0.2, -0.15) is 0 Å². The Kier molecular flexibility index (Phi) is 9.49. The zero-order valence-corrected chi connectivity index (χ0v) is 22.3. The average molecular weight is 563 g/mol. The molecule has 0 aliphatic heterocycles. The van der Waals surface area contributed by atoms with E-state index in [-0.39, 0.29) is 30.2 Å². The van der Waals surface area contributed by atoms with Gasteiger partial charge in [0.25, 0.3) is 0 Å². The van der Waals surface area contributed by atoms with Crippen molar-refractivity contribution in [3.8, 4) is 11.5 Å². The maximum absolute atomic E-state index is 13.6. The predicted octanol–water partition coefficient (Wildman–Crippen LogP) is 6.45. The Labute approximate surface area is 235 Å². The Morgan fingerprint density at radius 2 is 1.34 bits per heavy atom.